The molecule has 226 valence electrons. The summed E-state index contributed by atoms with van der Waals surface area (Å²) >= 11 is 0. The quantitative estimate of drug-likeness (QED) is 0.0903. The van der Waals surface area contributed by atoms with E-state index in [1.165, 1.54) is 6.92 Å². The molecular formula is C33H39ClN6O3. The van der Waals surface area contributed by atoms with Gasteiger partial charge in [-0.05, 0) is 51.9 Å². The van der Waals surface area contributed by atoms with Crippen molar-refractivity contribution in [3.05, 3.63) is 96.1 Å². The Morgan fingerprint density at radius 2 is 1.33 bits per heavy atom. The van der Waals surface area contributed by atoms with E-state index in [1.807, 2.05) is 60.7 Å². The molecule has 9 nitrogen and oxygen atoms in total. The summed E-state index contributed by atoms with van der Waals surface area (Å²) in [4.78, 5) is 42.7. The summed E-state index contributed by atoms with van der Waals surface area (Å²) < 4.78 is 0. The van der Waals surface area contributed by atoms with Crippen LogP contribution in [0.1, 0.15) is 30.9 Å². The van der Waals surface area contributed by atoms with E-state index >= 15 is 0 Å². The molecule has 0 aliphatic rings. The molecular weight excluding hydrogens is 564 g/mol. The van der Waals surface area contributed by atoms with Crippen LogP contribution < -0.4 is 27.4 Å². The Balaban J connectivity index is 0.00000506. The van der Waals surface area contributed by atoms with Crippen LogP contribution in [-0.4, -0.2) is 48.9 Å². The minimum Gasteiger partial charge on any atom is -0.370 e. The van der Waals surface area contributed by atoms with Crippen LogP contribution in [-0.2, 0) is 27.2 Å². The number of rotatable bonds is 13. The highest BCUT2D eigenvalue weighted by molar-refractivity contribution is 5.92. The maximum absolute atomic E-state index is 13.4. The Hall–Kier alpha value is -4.63. The summed E-state index contributed by atoms with van der Waals surface area (Å²) in [5, 5.41) is 13.0. The summed E-state index contributed by atoms with van der Waals surface area (Å²) in [5.41, 5.74) is 12.9. The molecule has 0 radical (unpaired) electrons. The number of hydrogen-bond acceptors (Lipinski definition) is 4. The first-order chi connectivity index (χ1) is 20.3. The molecule has 0 aliphatic carbocycles. The molecule has 0 heterocycles. The molecule has 10 heteroatoms. The SMILES string of the molecule is CC(=O)N[C@H](Cc1ccc2ccccc2c1)C(=O)N[C@@H](CCCN=C(N)N)C(=O)NCCc1ccc2ccccc2c1.Cl. The molecule has 0 aliphatic heterocycles. The average molecular weight is 603 g/mol. The second kappa shape index (κ2) is 16.1. The lowest BCUT2D eigenvalue weighted by molar-refractivity contribution is -0.131. The highest BCUT2D eigenvalue weighted by Gasteiger charge is 2.26. The van der Waals surface area contributed by atoms with Gasteiger partial charge in [-0.15, -0.1) is 12.4 Å². The molecule has 0 fully saturated rings. The number of carbonyl (C=O) groups excluding carboxylic acids is 3. The Morgan fingerprint density at radius 3 is 1.93 bits per heavy atom. The number of halogens is 1. The summed E-state index contributed by atoms with van der Waals surface area (Å²) in [7, 11) is 0. The van der Waals surface area contributed by atoms with E-state index in [1.54, 1.807) is 0 Å². The van der Waals surface area contributed by atoms with E-state index in [0.717, 1.165) is 32.7 Å². The molecule has 0 bridgehead atoms. The van der Waals surface area contributed by atoms with Crippen molar-refractivity contribution in [2.24, 2.45) is 16.5 Å². The number of benzene rings is 4. The zero-order valence-electron chi connectivity index (χ0n) is 24.2. The number of hydrogen-bond donors (Lipinski definition) is 5. The van der Waals surface area contributed by atoms with Crippen molar-refractivity contribution in [1.29, 1.82) is 0 Å². The highest BCUT2D eigenvalue weighted by atomic mass is 35.5. The van der Waals surface area contributed by atoms with Crippen molar-refractivity contribution in [3.63, 3.8) is 0 Å². The Bertz CT molecular complexity index is 1590. The van der Waals surface area contributed by atoms with Crippen LogP contribution >= 0.6 is 12.4 Å². The fourth-order valence-corrected chi connectivity index (χ4v) is 4.95. The highest BCUT2D eigenvalue weighted by Crippen LogP contribution is 2.18. The van der Waals surface area contributed by atoms with Crippen LogP contribution in [0.5, 0.6) is 0 Å². The first kappa shape index (κ1) is 32.9. The minimum atomic E-state index is -0.853. The van der Waals surface area contributed by atoms with E-state index in [-0.39, 0.29) is 36.6 Å². The Labute approximate surface area is 257 Å². The number of nitrogens with zero attached hydrogens (tertiary/aromatic N) is 1. The van der Waals surface area contributed by atoms with Crippen LogP contribution in [0.15, 0.2) is 89.9 Å². The number of fused-ring (bicyclic) bond motifs is 2. The van der Waals surface area contributed by atoms with Crippen molar-refractivity contribution in [2.45, 2.75) is 44.7 Å². The van der Waals surface area contributed by atoms with E-state index < -0.39 is 18.0 Å². The van der Waals surface area contributed by atoms with Crippen molar-refractivity contribution < 1.29 is 14.4 Å². The van der Waals surface area contributed by atoms with E-state index in [2.05, 4.69) is 45.2 Å². The van der Waals surface area contributed by atoms with Crippen LogP contribution in [0.4, 0.5) is 0 Å². The van der Waals surface area contributed by atoms with Crippen LogP contribution in [0.25, 0.3) is 21.5 Å². The minimum absolute atomic E-state index is 0. The molecule has 0 aromatic heterocycles. The number of carbonyl (C=O) groups is 3. The second-order valence-electron chi connectivity index (χ2n) is 10.4. The van der Waals surface area contributed by atoms with Gasteiger partial charge in [-0.1, -0.05) is 84.9 Å². The third-order valence-electron chi connectivity index (χ3n) is 7.05. The maximum atomic E-state index is 13.4. The molecule has 0 saturated carbocycles. The van der Waals surface area contributed by atoms with Crippen molar-refractivity contribution in [2.75, 3.05) is 13.1 Å². The van der Waals surface area contributed by atoms with Crippen LogP contribution in [0, 0.1) is 0 Å². The summed E-state index contributed by atoms with van der Waals surface area (Å²) in [6, 6.07) is 26.5. The van der Waals surface area contributed by atoms with Gasteiger partial charge in [0.15, 0.2) is 5.96 Å². The Morgan fingerprint density at radius 1 is 0.744 bits per heavy atom. The molecule has 0 spiro atoms. The number of nitrogens with one attached hydrogen (secondary N) is 3. The van der Waals surface area contributed by atoms with Crippen molar-refractivity contribution in [3.8, 4) is 0 Å². The van der Waals surface area contributed by atoms with Gasteiger partial charge in [-0.25, -0.2) is 0 Å². The third kappa shape index (κ3) is 10.0. The number of nitrogens with two attached hydrogens (primary N) is 2. The normalized spacial score (nSPS) is 12.0. The first-order valence-corrected chi connectivity index (χ1v) is 14.1. The molecule has 4 aromatic carbocycles. The van der Waals surface area contributed by atoms with Crippen molar-refractivity contribution >= 4 is 57.6 Å². The first-order valence-electron chi connectivity index (χ1n) is 14.1. The predicted molar refractivity (Wildman–Crippen MR) is 175 cm³/mol. The summed E-state index contributed by atoms with van der Waals surface area (Å²) in [6.07, 6.45) is 1.73. The zero-order valence-corrected chi connectivity index (χ0v) is 25.0. The monoisotopic (exact) mass is 602 g/mol. The topological polar surface area (TPSA) is 152 Å². The van der Waals surface area contributed by atoms with Gasteiger partial charge in [-0.3, -0.25) is 19.4 Å². The second-order valence-corrected chi connectivity index (χ2v) is 10.4. The summed E-state index contributed by atoms with van der Waals surface area (Å²) in [5.74, 6) is -1.10. The zero-order chi connectivity index (χ0) is 29.9. The third-order valence-corrected chi connectivity index (χ3v) is 7.05. The van der Waals surface area contributed by atoms with Crippen LogP contribution in [0.2, 0.25) is 0 Å². The standard InChI is InChI=1S/C33H38N6O3.ClH/c1-22(40)38-30(21-24-13-15-26-8-3-5-10-28(26)20-24)32(42)39-29(11-6-17-37-33(34)35)31(41)36-18-16-23-12-14-25-7-2-4-9-27(25)19-23;/h2-5,7-10,12-15,19-20,29-30H,6,11,16-18,21H2,1H3,(H,36,41)(H,38,40)(H,39,42)(H4,34,35,37);1H/t29-,30+;/m0./s1. The molecule has 7 N–H and O–H groups in total. The van der Waals surface area contributed by atoms with E-state index in [0.29, 0.717) is 32.4 Å². The van der Waals surface area contributed by atoms with Gasteiger partial charge in [0.2, 0.25) is 17.7 Å². The lowest BCUT2D eigenvalue weighted by atomic mass is 10.0. The van der Waals surface area contributed by atoms with E-state index in [4.69, 9.17) is 11.5 Å². The molecule has 3 amide bonds. The molecule has 4 rings (SSSR count). The van der Waals surface area contributed by atoms with Gasteiger partial charge >= 0.3 is 0 Å². The van der Waals surface area contributed by atoms with Gasteiger partial charge in [0, 0.05) is 26.4 Å². The maximum Gasteiger partial charge on any atom is 0.243 e. The summed E-state index contributed by atoms with van der Waals surface area (Å²) in [6.45, 7) is 2.10. The molecule has 0 saturated heterocycles. The van der Waals surface area contributed by atoms with Gasteiger partial charge in [0.1, 0.15) is 12.1 Å². The Kier molecular flexibility index (Phi) is 12.3. The van der Waals surface area contributed by atoms with Gasteiger partial charge in [-0.2, -0.15) is 0 Å². The van der Waals surface area contributed by atoms with Gasteiger partial charge in [0.05, 0.1) is 0 Å². The van der Waals surface area contributed by atoms with Gasteiger partial charge < -0.3 is 27.4 Å². The molecule has 4 aromatic rings. The number of amides is 3. The fourth-order valence-electron chi connectivity index (χ4n) is 4.95. The lowest BCUT2D eigenvalue weighted by Gasteiger charge is -2.23. The number of guanidine groups is 1. The van der Waals surface area contributed by atoms with Gasteiger partial charge in [0.25, 0.3) is 0 Å². The lowest BCUT2D eigenvalue weighted by Crippen LogP contribution is -2.54. The number of aliphatic imine (C=N–C) groups is 1. The molecule has 43 heavy (non-hydrogen) atoms. The fraction of sp³-hybridized carbons (Fsp3) is 0.273. The predicted octanol–water partition coefficient (Wildman–Crippen LogP) is 3.36. The smallest absolute Gasteiger partial charge is 0.243 e. The van der Waals surface area contributed by atoms with Crippen molar-refractivity contribution in [1.82, 2.24) is 16.0 Å². The largest absolute Gasteiger partial charge is 0.370 e. The molecule has 2 atom stereocenters. The van der Waals surface area contributed by atoms with E-state index in [9.17, 15) is 14.4 Å². The van der Waals surface area contributed by atoms with Crippen LogP contribution in [0.3, 0.4) is 0 Å². The molecule has 0 unspecified atom stereocenters. The average Bonchev–Trinajstić information content (AvgIpc) is 2.97.